The lowest BCUT2D eigenvalue weighted by Crippen LogP contribution is -2.10. The van der Waals surface area contributed by atoms with E-state index in [1.807, 2.05) is 12.2 Å². The summed E-state index contributed by atoms with van der Waals surface area (Å²) < 4.78 is 9.89. The Bertz CT molecular complexity index is 97.5. The molecule has 66 valence electrons. The Balaban J connectivity index is 3.33. The zero-order chi connectivity index (χ0) is 8.53. The van der Waals surface area contributed by atoms with E-state index in [4.69, 9.17) is 14.6 Å². The summed E-state index contributed by atoms with van der Waals surface area (Å²) in [6, 6.07) is 0. The van der Waals surface area contributed by atoms with Crippen LogP contribution in [0.4, 0.5) is 0 Å². The number of ether oxygens (including phenoxy) is 2. The van der Waals surface area contributed by atoms with Crippen molar-refractivity contribution in [1.29, 1.82) is 0 Å². The number of aliphatic hydroxyl groups excluding tert-OH is 1. The van der Waals surface area contributed by atoms with Gasteiger partial charge in [0.05, 0.1) is 0 Å². The van der Waals surface area contributed by atoms with E-state index in [2.05, 4.69) is 0 Å². The minimum atomic E-state index is -0.162. The Labute approximate surface area is 67.6 Å². The molecular weight excluding hydrogens is 144 g/mol. The van der Waals surface area contributed by atoms with Crippen molar-refractivity contribution in [3.05, 3.63) is 12.2 Å². The van der Waals surface area contributed by atoms with Crippen LogP contribution in [0.25, 0.3) is 0 Å². The van der Waals surface area contributed by atoms with Gasteiger partial charge in [0.2, 0.25) is 0 Å². The molecule has 0 atom stereocenters. The van der Waals surface area contributed by atoms with Gasteiger partial charge in [0.1, 0.15) is 0 Å². The van der Waals surface area contributed by atoms with Crippen molar-refractivity contribution in [2.75, 3.05) is 20.8 Å². The quantitative estimate of drug-likeness (QED) is 0.464. The smallest absolute Gasteiger partial charge is 0.160 e. The fraction of sp³-hybridized carbons (Fsp3) is 0.750. The van der Waals surface area contributed by atoms with E-state index in [9.17, 15) is 0 Å². The number of aliphatic hydroxyl groups is 1. The number of rotatable bonds is 6. The molecule has 1 N–H and O–H groups in total. The van der Waals surface area contributed by atoms with Crippen molar-refractivity contribution in [2.45, 2.75) is 19.1 Å². The lowest BCUT2D eigenvalue weighted by molar-refractivity contribution is -0.0986. The summed E-state index contributed by atoms with van der Waals surface area (Å²) in [5, 5.41) is 8.43. The lowest BCUT2D eigenvalue weighted by atomic mass is 10.3. The second-order valence-corrected chi connectivity index (χ2v) is 2.12. The molecule has 0 bridgehead atoms. The summed E-state index contributed by atoms with van der Waals surface area (Å²) in [5.41, 5.74) is 0. The molecule has 3 nitrogen and oxygen atoms in total. The fourth-order valence-electron chi connectivity index (χ4n) is 0.688. The predicted octanol–water partition coefficient (Wildman–Crippen LogP) is 0.934. The summed E-state index contributed by atoms with van der Waals surface area (Å²) in [7, 11) is 3.21. The molecule has 3 heteroatoms. The van der Waals surface area contributed by atoms with Crippen molar-refractivity contribution in [3.63, 3.8) is 0 Å². The molecule has 0 fully saturated rings. The van der Waals surface area contributed by atoms with Crippen LogP contribution in [0, 0.1) is 0 Å². The molecule has 0 rings (SSSR count). The Morgan fingerprint density at radius 1 is 1.27 bits per heavy atom. The number of hydrogen-bond donors (Lipinski definition) is 1. The van der Waals surface area contributed by atoms with E-state index < -0.39 is 0 Å². The Morgan fingerprint density at radius 3 is 2.36 bits per heavy atom. The van der Waals surface area contributed by atoms with E-state index in [0.717, 1.165) is 6.42 Å². The van der Waals surface area contributed by atoms with Gasteiger partial charge < -0.3 is 14.6 Å². The number of hydrogen-bond acceptors (Lipinski definition) is 3. The molecule has 0 aromatic heterocycles. The van der Waals surface area contributed by atoms with Crippen molar-refractivity contribution >= 4 is 0 Å². The minimum Gasteiger partial charge on any atom is -0.396 e. The van der Waals surface area contributed by atoms with Crippen LogP contribution in [-0.2, 0) is 9.47 Å². The Hall–Kier alpha value is -0.380. The largest absolute Gasteiger partial charge is 0.396 e. The molecule has 0 saturated carbocycles. The van der Waals surface area contributed by atoms with Crippen LogP contribution in [0.1, 0.15) is 12.8 Å². The first kappa shape index (κ1) is 10.6. The van der Waals surface area contributed by atoms with E-state index in [1.54, 1.807) is 14.2 Å². The highest BCUT2D eigenvalue weighted by molar-refractivity contribution is 4.82. The van der Waals surface area contributed by atoms with E-state index >= 15 is 0 Å². The summed E-state index contributed by atoms with van der Waals surface area (Å²) in [5.74, 6) is 0. The summed E-state index contributed by atoms with van der Waals surface area (Å²) in [6.07, 6.45) is 5.11. The van der Waals surface area contributed by atoms with Gasteiger partial charge in [-0.1, -0.05) is 12.2 Å². The van der Waals surface area contributed by atoms with E-state index in [-0.39, 0.29) is 12.9 Å². The maximum atomic E-state index is 8.43. The molecule has 0 saturated heterocycles. The highest BCUT2D eigenvalue weighted by atomic mass is 16.7. The standard InChI is InChI=1S/C8H16O3/c1-10-8(11-2)6-4-3-5-7-9/h3-4,8-9H,5-7H2,1-2H3/b4-3+. The third-order valence-electron chi connectivity index (χ3n) is 1.32. The average molecular weight is 160 g/mol. The first-order chi connectivity index (χ1) is 5.35. The van der Waals surface area contributed by atoms with Crippen molar-refractivity contribution in [3.8, 4) is 0 Å². The van der Waals surface area contributed by atoms with Gasteiger partial charge in [0.15, 0.2) is 6.29 Å². The number of methoxy groups -OCH3 is 2. The van der Waals surface area contributed by atoms with Crippen LogP contribution in [0.3, 0.4) is 0 Å². The van der Waals surface area contributed by atoms with Gasteiger partial charge in [-0.3, -0.25) is 0 Å². The van der Waals surface area contributed by atoms with Crippen LogP contribution in [-0.4, -0.2) is 32.2 Å². The van der Waals surface area contributed by atoms with Crippen LogP contribution < -0.4 is 0 Å². The Kier molecular flexibility index (Phi) is 7.46. The fourth-order valence-corrected chi connectivity index (χ4v) is 0.688. The van der Waals surface area contributed by atoms with Crippen molar-refractivity contribution in [2.24, 2.45) is 0 Å². The molecule has 0 aromatic rings. The van der Waals surface area contributed by atoms with Crippen LogP contribution in [0.5, 0.6) is 0 Å². The second kappa shape index (κ2) is 7.72. The Morgan fingerprint density at radius 2 is 1.91 bits per heavy atom. The monoisotopic (exact) mass is 160 g/mol. The topological polar surface area (TPSA) is 38.7 Å². The average Bonchev–Trinajstić information content (AvgIpc) is 2.05. The first-order valence-corrected chi connectivity index (χ1v) is 3.66. The van der Waals surface area contributed by atoms with E-state index in [0.29, 0.717) is 6.42 Å². The van der Waals surface area contributed by atoms with Crippen molar-refractivity contribution < 1.29 is 14.6 Å². The second-order valence-electron chi connectivity index (χ2n) is 2.12. The summed E-state index contributed by atoms with van der Waals surface area (Å²) >= 11 is 0. The third kappa shape index (κ3) is 6.04. The van der Waals surface area contributed by atoms with Gasteiger partial charge in [0, 0.05) is 27.2 Å². The van der Waals surface area contributed by atoms with E-state index in [1.165, 1.54) is 0 Å². The minimum absolute atomic E-state index is 0.162. The highest BCUT2D eigenvalue weighted by Gasteiger charge is 1.99. The molecule has 0 aliphatic carbocycles. The molecule has 0 spiro atoms. The van der Waals surface area contributed by atoms with Gasteiger partial charge in [-0.05, 0) is 6.42 Å². The third-order valence-corrected chi connectivity index (χ3v) is 1.32. The summed E-state index contributed by atoms with van der Waals surface area (Å²) in [6.45, 7) is 0.196. The molecule has 0 aliphatic heterocycles. The predicted molar refractivity (Wildman–Crippen MR) is 43.3 cm³/mol. The molecule has 11 heavy (non-hydrogen) atoms. The van der Waals surface area contributed by atoms with Gasteiger partial charge in [-0.15, -0.1) is 0 Å². The van der Waals surface area contributed by atoms with Crippen molar-refractivity contribution in [1.82, 2.24) is 0 Å². The maximum Gasteiger partial charge on any atom is 0.160 e. The van der Waals surface area contributed by atoms with Crippen LogP contribution in [0.15, 0.2) is 12.2 Å². The normalized spacial score (nSPS) is 11.6. The maximum absolute atomic E-state index is 8.43. The zero-order valence-corrected chi connectivity index (χ0v) is 7.12. The molecule has 0 aromatic carbocycles. The first-order valence-electron chi connectivity index (χ1n) is 3.66. The lowest BCUT2D eigenvalue weighted by Gasteiger charge is -2.09. The van der Waals surface area contributed by atoms with Crippen LogP contribution in [0.2, 0.25) is 0 Å². The molecule has 0 amide bonds. The SMILES string of the molecule is COC(C/C=C/CCO)OC. The van der Waals surface area contributed by atoms with Crippen LogP contribution >= 0.6 is 0 Å². The van der Waals surface area contributed by atoms with Gasteiger partial charge in [-0.25, -0.2) is 0 Å². The molecule has 0 aliphatic rings. The molecule has 0 unspecified atom stereocenters. The molecular formula is C8H16O3. The van der Waals surface area contributed by atoms with Gasteiger partial charge in [-0.2, -0.15) is 0 Å². The summed E-state index contributed by atoms with van der Waals surface area (Å²) in [4.78, 5) is 0. The van der Waals surface area contributed by atoms with Gasteiger partial charge >= 0.3 is 0 Å². The highest BCUT2D eigenvalue weighted by Crippen LogP contribution is 1.98. The molecule has 0 radical (unpaired) electrons. The zero-order valence-electron chi connectivity index (χ0n) is 7.12. The van der Waals surface area contributed by atoms with Gasteiger partial charge in [0.25, 0.3) is 0 Å². The molecule has 0 heterocycles.